The molecular weight excluding hydrogens is 144 g/mol. The van der Waals surface area contributed by atoms with Crippen molar-refractivity contribution in [2.45, 2.75) is 13.8 Å². The van der Waals surface area contributed by atoms with Gasteiger partial charge in [0.1, 0.15) is 0 Å². The molecule has 1 rings (SSSR count). The van der Waals surface area contributed by atoms with Crippen LogP contribution in [0.3, 0.4) is 0 Å². The first-order chi connectivity index (χ1) is 5.75. The Morgan fingerprint density at radius 3 is 2.33 bits per heavy atom. The molecule has 0 spiro atoms. The van der Waals surface area contributed by atoms with Gasteiger partial charge in [-0.1, -0.05) is 43.0 Å². The Morgan fingerprint density at radius 2 is 1.83 bits per heavy atom. The molecule has 0 unspecified atom stereocenters. The third-order valence-electron chi connectivity index (χ3n) is 2.03. The lowest BCUT2D eigenvalue weighted by Crippen LogP contribution is -1.82. The van der Waals surface area contributed by atoms with Crippen molar-refractivity contribution < 1.29 is 0 Å². The number of hydrogen-bond acceptors (Lipinski definition) is 0. The van der Waals surface area contributed by atoms with Gasteiger partial charge in [-0.25, -0.2) is 0 Å². The van der Waals surface area contributed by atoms with Crippen molar-refractivity contribution in [1.29, 1.82) is 0 Å². The van der Waals surface area contributed by atoms with E-state index in [2.05, 4.69) is 31.7 Å². The highest BCUT2D eigenvalue weighted by atomic mass is 14.0. The fraction of sp³-hybridized carbons (Fsp3) is 0.167. The zero-order chi connectivity index (χ0) is 8.97. The van der Waals surface area contributed by atoms with Crippen molar-refractivity contribution in [1.82, 2.24) is 0 Å². The maximum absolute atomic E-state index is 4.03. The van der Waals surface area contributed by atoms with Crippen molar-refractivity contribution in [3.05, 3.63) is 54.1 Å². The van der Waals surface area contributed by atoms with Crippen molar-refractivity contribution >= 4 is 5.57 Å². The van der Waals surface area contributed by atoms with E-state index in [4.69, 9.17) is 0 Å². The number of benzene rings is 1. The number of allylic oxidation sites excluding steroid dienone is 3. The zero-order valence-corrected chi connectivity index (χ0v) is 7.67. The minimum atomic E-state index is 1.11. The van der Waals surface area contributed by atoms with Crippen LogP contribution in [0.25, 0.3) is 5.57 Å². The predicted octanol–water partition coefficient (Wildman–Crippen LogP) is 3.67. The Hall–Kier alpha value is -1.30. The molecule has 0 bridgehead atoms. The summed E-state index contributed by atoms with van der Waals surface area (Å²) in [7, 11) is 0. The molecule has 0 amide bonds. The summed E-state index contributed by atoms with van der Waals surface area (Å²) in [5.41, 5.74) is 3.55. The average molecular weight is 158 g/mol. The van der Waals surface area contributed by atoms with Crippen LogP contribution in [-0.4, -0.2) is 0 Å². The van der Waals surface area contributed by atoms with E-state index < -0.39 is 0 Å². The maximum atomic E-state index is 4.03. The first-order valence-corrected chi connectivity index (χ1v) is 4.13. The van der Waals surface area contributed by atoms with E-state index in [0.717, 1.165) is 5.57 Å². The summed E-state index contributed by atoms with van der Waals surface area (Å²) in [4.78, 5) is 0. The monoisotopic (exact) mass is 158 g/mol. The minimum Gasteiger partial charge on any atom is -0.0909 e. The van der Waals surface area contributed by atoms with Crippen LogP contribution in [0, 0.1) is 0 Å². The van der Waals surface area contributed by atoms with Crippen LogP contribution >= 0.6 is 0 Å². The Morgan fingerprint density at radius 1 is 1.25 bits per heavy atom. The first kappa shape index (κ1) is 8.79. The lowest BCUT2D eigenvalue weighted by atomic mass is 10.0. The molecular formula is C12H14. The maximum Gasteiger partial charge on any atom is -0.0187 e. The second-order valence-corrected chi connectivity index (χ2v) is 2.82. The smallest absolute Gasteiger partial charge is 0.0187 e. The molecule has 0 radical (unpaired) electrons. The highest BCUT2D eigenvalue weighted by Gasteiger charge is 1.97. The van der Waals surface area contributed by atoms with Gasteiger partial charge < -0.3 is 0 Å². The molecule has 0 heteroatoms. The molecule has 0 fully saturated rings. The van der Waals surface area contributed by atoms with Gasteiger partial charge in [-0.2, -0.15) is 0 Å². The summed E-state index contributed by atoms with van der Waals surface area (Å²) < 4.78 is 0. The molecule has 1 aromatic rings. The van der Waals surface area contributed by atoms with E-state index >= 15 is 0 Å². The fourth-order valence-corrected chi connectivity index (χ4v) is 1.04. The molecule has 0 N–H and O–H groups in total. The fourth-order valence-electron chi connectivity index (χ4n) is 1.04. The Bertz CT molecular complexity index is 291. The Balaban J connectivity index is 2.94. The van der Waals surface area contributed by atoms with Gasteiger partial charge in [0, 0.05) is 0 Å². The van der Waals surface area contributed by atoms with Gasteiger partial charge >= 0.3 is 0 Å². The van der Waals surface area contributed by atoms with E-state index in [-0.39, 0.29) is 0 Å². The van der Waals surface area contributed by atoms with Crippen LogP contribution in [0.15, 0.2) is 48.6 Å². The first-order valence-electron chi connectivity index (χ1n) is 4.13. The summed E-state index contributed by atoms with van der Waals surface area (Å²) >= 11 is 0. The molecule has 0 aliphatic heterocycles. The molecule has 0 saturated carbocycles. The molecule has 0 nitrogen and oxygen atoms in total. The van der Waals surface area contributed by atoms with Gasteiger partial charge in [-0.3, -0.25) is 0 Å². The van der Waals surface area contributed by atoms with Gasteiger partial charge in [0.05, 0.1) is 0 Å². The van der Waals surface area contributed by atoms with Crippen LogP contribution in [-0.2, 0) is 0 Å². The quantitative estimate of drug-likeness (QED) is 0.576. The van der Waals surface area contributed by atoms with Crippen LogP contribution in [0.5, 0.6) is 0 Å². The molecule has 62 valence electrons. The van der Waals surface area contributed by atoms with E-state index in [1.807, 2.05) is 25.1 Å². The van der Waals surface area contributed by atoms with E-state index in [1.165, 1.54) is 11.1 Å². The SMILES string of the molecule is C=C(/C(C)=C\C)c1ccccc1. The van der Waals surface area contributed by atoms with E-state index in [1.54, 1.807) is 0 Å². The number of hydrogen-bond donors (Lipinski definition) is 0. The second-order valence-electron chi connectivity index (χ2n) is 2.82. The number of rotatable bonds is 2. The molecule has 12 heavy (non-hydrogen) atoms. The lowest BCUT2D eigenvalue weighted by molar-refractivity contribution is 1.47. The van der Waals surface area contributed by atoms with Crippen molar-refractivity contribution in [2.24, 2.45) is 0 Å². The largest absolute Gasteiger partial charge is 0.0909 e. The van der Waals surface area contributed by atoms with Crippen molar-refractivity contribution in [2.75, 3.05) is 0 Å². The Kier molecular flexibility index (Phi) is 2.87. The summed E-state index contributed by atoms with van der Waals surface area (Å²) in [6.45, 7) is 8.14. The predicted molar refractivity (Wildman–Crippen MR) is 54.9 cm³/mol. The third-order valence-corrected chi connectivity index (χ3v) is 2.03. The average Bonchev–Trinajstić information content (AvgIpc) is 2.17. The van der Waals surface area contributed by atoms with Crippen molar-refractivity contribution in [3.63, 3.8) is 0 Å². The van der Waals surface area contributed by atoms with Gasteiger partial charge in [0.2, 0.25) is 0 Å². The zero-order valence-electron chi connectivity index (χ0n) is 7.67. The molecule has 0 aliphatic carbocycles. The highest BCUT2D eigenvalue weighted by molar-refractivity contribution is 5.76. The minimum absolute atomic E-state index is 1.11. The molecule has 1 aromatic carbocycles. The third kappa shape index (κ3) is 1.85. The van der Waals surface area contributed by atoms with Crippen LogP contribution < -0.4 is 0 Å². The van der Waals surface area contributed by atoms with Crippen molar-refractivity contribution in [3.8, 4) is 0 Å². The molecule has 0 heterocycles. The van der Waals surface area contributed by atoms with Gasteiger partial charge in [-0.15, -0.1) is 0 Å². The van der Waals surface area contributed by atoms with Gasteiger partial charge in [0.25, 0.3) is 0 Å². The van der Waals surface area contributed by atoms with Gasteiger partial charge in [0.15, 0.2) is 0 Å². The summed E-state index contributed by atoms with van der Waals surface area (Å²) in [5, 5.41) is 0. The summed E-state index contributed by atoms with van der Waals surface area (Å²) in [6.07, 6.45) is 2.08. The molecule has 0 saturated heterocycles. The summed E-state index contributed by atoms with van der Waals surface area (Å²) in [6, 6.07) is 10.2. The van der Waals surface area contributed by atoms with E-state index in [0.29, 0.717) is 0 Å². The van der Waals surface area contributed by atoms with Crippen LogP contribution in [0.1, 0.15) is 19.4 Å². The van der Waals surface area contributed by atoms with E-state index in [9.17, 15) is 0 Å². The van der Waals surface area contributed by atoms with Crippen LogP contribution in [0.2, 0.25) is 0 Å². The second kappa shape index (κ2) is 3.91. The highest BCUT2D eigenvalue weighted by Crippen LogP contribution is 2.19. The standard InChI is InChI=1S/C12H14/c1-4-10(2)11(3)12-8-6-5-7-9-12/h4-9H,3H2,1-2H3/b10-4-. The van der Waals surface area contributed by atoms with Crippen LogP contribution in [0.4, 0.5) is 0 Å². The van der Waals surface area contributed by atoms with Gasteiger partial charge in [-0.05, 0) is 30.6 Å². The molecule has 0 aliphatic rings. The molecule has 0 atom stereocenters. The lowest BCUT2D eigenvalue weighted by Gasteiger charge is -2.04. The Labute approximate surface area is 74.2 Å². The summed E-state index contributed by atoms with van der Waals surface area (Å²) in [5.74, 6) is 0. The molecule has 0 aromatic heterocycles. The normalized spacial score (nSPS) is 11.3. The topological polar surface area (TPSA) is 0 Å².